The molecule has 7 heteroatoms. The largest absolute Gasteiger partial charge is 0.345 e. The third-order valence-electron chi connectivity index (χ3n) is 4.86. The Morgan fingerprint density at radius 1 is 1.14 bits per heavy atom. The van der Waals surface area contributed by atoms with Crippen molar-refractivity contribution >= 4 is 35.0 Å². The third kappa shape index (κ3) is 5.35. The summed E-state index contributed by atoms with van der Waals surface area (Å²) in [6.45, 7) is 2.22. The highest BCUT2D eigenvalue weighted by molar-refractivity contribution is 6.33. The third-order valence-corrected chi connectivity index (χ3v) is 5.17. The second-order valence-electron chi connectivity index (χ2n) is 7.11. The summed E-state index contributed by atoms with van der Waals surface area (Å²) in [4.78, 5) is 39.2. The van der Waals surface area contributed by atoms with Gasteiger partial charge in [-0.25, -0.2) is 0 Å². The zero-order chi connectivity index (χ0) is 20.8. The van der Waals surface area contributed by atoms with Gasteiger partial charge in [0.2, 0.25) is 17.7 Å². The molecule has 1 heterocycles. The first-order valence-electron chi connectivity index (χ1n) is 9.64. The minimum absolute atomic E-state index is 0.0452. The topological polar surface area (TPSA) is 78.5 Å². The molecule has 1 aliphatic heterocycles. The average Bonchev–Trinajstić information content (AvgIpc) is 2.71. The van der Waals surface area contributed by atoms with Gasteiger partial charge in [-0.1, -0.05) is 48.0 Å². The van der Waals surface area contributed by atoms with Crippen LogP contribution >= 0.6 is 11.6 Å². The van der Waals surface area contributed by atoms with Gasteiger partial charge in [0, 0.05) is 13.0 Å². The molecule has 1 saturated heterocycles. The maximum absolute atomic E-state index is 12.9. The van der Waals surface area contributed by atoms with Gasteiger partial charge in [-0.3, -0.25) is 14.4 Å². The summed E-state index contributed by atoms with van der Waals surface area (Å²) in [6, 6.07) is 13.7. The van der Waals surface area contributed by atoms with Gasteiger partial charge in [0.15, 0.2) is 0 Å². The molecule has 3 rings (SSSR count). The van der Waals surface area contributed by atoms with Gasteiger partial charge in [-0.05, 0) is 43.0 Å². The van der Waals surface area contributed by atoms with Crippen molar-refractivity contribution in [3.05, 3.63) is 64.7 Å². The number of nitrogens with one attached hydrogen (secondary N) is 2. The number of carbonyl (C=O) groups is 3. The molecule has 1 fully saturated rings. The number of rotatable bonds is 6. The van der Waals surface area contributed by atoms with Gasteiger partial charge < -0.3 is 15.5 Å². The molecule has 0 aliphatic carbocycles. The Balaban J connectivity index is 1.68. The second-order valence-corrected chi connectivity index (χ2v) is 7.51. The van der Waals surface area contributed by atoms with Gasteiger partial charge in [0.1, 0.15) is 6.04 Å². The number of hydrogen-bond acceptors (Lipinski definition) is 3. The Kier molecular flexibility index (Phi) is 6.88. The summed E-state index contributed by atoms with van der Waals surface area (Å²) in [7, 11) is 0. The smallest absolute Gasteiger partial charge is 0.247 e. The van der Waals surface area contributed by atoms with Crippen LogP contribution in [0.1, 0.15) is 36.4 Å². The minimum atomic E-state index is -0.750. The number of carbonyl (C=O) groups excluding carboxylic acids is 3. The summed E-state index contributed by atoms with van der Waals surface area (Å²) in [6.07, 6.45) is 2.12. The summed E-state index contributed by atoms with van der Waals surface area (Å²) >= 11 is 6.14. The zero-order valence-electron chi connectivity index (χ0n) is 16.3. The second kappa shape index (κ2) is 9.56. The molecule has 0 saturated carbocycles. The number of aryl methyl sites for hydroxylation is 1. The van der Waals surface area contributed by atoms with E-state index in [0.29, 0.717) is 23.7 Å². The standard InChI is InChI=1S/C22H24ClN3O3/c1-15-10-11-18(17(23)13-15)25-19(27)14-24-22(29)21(16-7-3-2-4-8-16)26-12-6-5-9-20(26)28/h2-4,7-8,10-11,13,21H,5-6,9,12,14H2,1H3,(H,24,29)(H,25,27). The SMILES string of the molecule is Cc1ccc(NC(=O)CNC(=O)C(c2ccccc2)N2CCCCC2=O)c(Cl)c1. The highest BCUT2D eigenvalue weighted by Crippen LogP contribution is 2.26. The number of hydrogen-bond donors (Lipinski definition) is 2. The van der Waals surface area contributed by atoms with Gasteiger partial charge in [0.25, 0.3) is 0 Å². The molecular formula is C22H24ClN3O3. The maximum Gasteiger partial charge on any atom is 0.247 e. The van der Waals surface area contributed by atoms with E-state index in [4.69, 9.17) is 11.6 Å². The highest BCUT2D eigenvalue weighted by Gasteiger charge is 2.32. The van der Waals surface area contributed by atoms with E-state index in [1.54, 1.807) is 17.0 Å². The first-order valence-corrected chi connectivity index (χ1v) is 10.0. The van der Waals surface area contributed by atoms with Crippen molar-refractivity contribution in [3.8, 4) is 0 Å². The minimum Gasteiger partial charge on any atom is -0.345 e. The van der Waals surface area contributed by atoms with Crippen molar-refractivity contribution in [1.29, 1.82) is 0 Å². The predicted molar refractivity (Wildman–Crippen MR) is 113 cm³/mol. The normalized spacial score (nSPS) is 15.0. The van der Waals surface area contributed by atoms with Crippen LogP contribution in [0.15, 0.2) is 48.5 Å². The summed E-state index contributed by atoms with van der Waals surface area (Å²) in [5.74, 6) is -0.811. The van der Waals surface area contributed by atoms with Crippen LogP contribution in [0.3, 0.4) is 0 Å². The molecule has 1 aliphatic rings. The Hall–Kier alpha value is -2.86. The van der Waals surface area contributed by atoms with Gasteiger partial charge >= 0.3 is 0 Å². The average molecular weight is 414 g/mol. The molecule has 2 N–H and O–H groups in total. The van der Waals surface area contributed by atoms with Crippen LogP contribution in [0.4, 0.5) is 5.69 Å². The number of benzene rings is 2. The summed E-state index contributed by atoms with van der Waals surface area (Å²) in [5, 5.41) is 5.79. The number of anilines is 1. The molecule has 2 aromatic rings. The first-order chi connectivity index (χ1) is 14.0. The van der Waals surface area contributed by atoms with Crippen LogP contribution < -0.4 is 10.6 Å². The number of halogens is 1. The van der Waals surface area contributed by atoms with Crippen molar-refractivity contribution in [2.45, 2.75) is 32.2 Å². The van der Waals surface area contributed by atoms with Crippen LogP contribution in [0, 0.1) is 6.92 Å². The molecule has 3 amide bonds. The lowest BCUT2D eigenvalue weighted by molar-refractivity contribution is -0.142. The van der Waals surface area contributed by atoms with Crippen molar-refractivity contribution in [2.24, 2.45) is 0 Å². The van der Waals surface area contributed by atoms with E-state index in [-0.39, 0.29) is 24.3 Å². The molecule has 0 radical (unpaired) electrons. The molecule has 1 atom stereocenters. The van der Waals surface area contributed by atoms with Crippen LogP contribution in [0.5, 0.6) is 0 Å². The van der Waals surface area contributed by atoms with E-state index in [1.807, 2.05) is 43.3 Å². The van der Waals surface area contributed by atoms with Crippen molar-refractivity contribution < 1.29 is 14.4 Å². The number of nitrogens with zero attached hydrogens (tertiary/aromatic N) is 1. The Labute approximate surface area is 175 Å². The summed E-state index contributed by atoms with van der Waals surface area (Å²) in [5.41, 5.74) is 2.20. The zero-order valence-corrected chi connectivity index (χ0v) is 17.0. The molecular weight excluding hydrogens is 390 g/mol. The van der Waals surface area contributed by atoms with Crippen LogP contribution in [0.25, 0.3) is 0 Å². The van der Waals surface area contributed by atoms with Gasteiger partial charge in [-0.15, -0.1) is 0 Å². The molecule has 6 nitrogen and oxygen atoms in total. The molecule has 2 aromatic carbocycles. The Morgan fingerprint density at radius 2 is 1.90 bits per heavy atom. The van der Waals surface area contributed by atoms with E-state index in [0.717, 1.165) is 24.0 Å². The summed E-state index contributed by atoms with van der Waals surface area (Å²) < 4.78 is 0. The lowest BCUT2D eigenvalue weighted by atomic mass is 10.0. The monoisotopic (exact) mass is 413 g/mol. The molecule has 0 aromatic heterocycles. The van der Waals surface area contributed by atoms with Crippen LogP contribution in [-0.2, 0) is 14.4 Å². The quantitative estimate of drug-likeness (QED) is 0.761. The lowest BCUT2D eigenvalue weighted by Crippen LogP contribution is -2.47. The lowest BCUT2D eigenvalue weighted by Gasteiger charge is -2.34. The van der Waals surface area contributed by atoms with Crippen molar-refractivity contribution in [1.82, 2.24) is 10.2 Å². The first kappa shape index (κ1) is 20.9. The predicted octanol–water partition coefficient (Wildman–Crippen LogP) is 3.46. The maximum atomic E-state index is 12.9. The fraction of sp³-hybridized carbons (Fsp3) is 0.318. The Bertz CT molecular complexity index is 901. The Morgan fingerprint density at radius 3 is 2.59 bits per heavy atom. The fourth-order valence-electron chi connectivity index (χ4n) is 3.39. The fourth-order valence-corrected chi connectivity index (χ4v) is 3.67. The number of likely N-dealkylation sites (tertiary alicyclic amines) is 1. The van der Waals surface area contributed by atoms with Crippen molar-refractivity contribution in [3.63, 3.8) is 0 Å². The van der Waals surface area contributed by atoms with E-state index in [1.165, 1.54) is 0 Å². The van der Waals surface area contributed by atoms with Crippen molar-refractivity contribution in [2.75, 3.05) is 18.4 Å². The van der Waals surface area contributed by atoms with Gasteiger partial charge in [-0.2, -0.15) is 0 Å². The number of piperidine rings is 1. The molecule has 0 spiro atoms. The van der Waals surface area contributed by atoms with Crippen LogP contribution in [0.2, 0.25) is 5.02 Å². The molecule has 1 unspecified atom stereocenters. The van der Waals surface area contributed by atoms with E-state index >= 15 is 0 Å². The van der Waals surface area contributed by atoms with E-state index in [2.05, 4.69) is 10.6 Å². The van der Waals surface area contributed by atoms with Crippen LogP contribution in [-0.4, -0.2) is 35.7 Å². The molecule has 152 valence electrons. The molecule has 29 heavy (non-hydrogen) atoms. The van der Waals surface area contributed by atoms with Gasteiger partial charge in [0.05, 0.1) is 17.3 Å². The van der Waals surface area contributed by atoms with E-state index < -0.39 is 6.04 Å². The highest BCUT2D eigenvalue weighted by atomic mass is 35.5. The number of amides is 3. The van der Waals surface area contributed by atoms with E-state index in [9.17, 15) is 14.4 Å². The molecule has 0 bridgehead atoms.